The van der Waals surface area contributed by atoms with Crippen LogP contribution in [0.4, 0.5) is 0 Å². The van der Waals surface area contributed by atoms with Crippen LogP contribution < -0.4 is 0 Å². The van der Waals surface area contributed by atoms with Crippen molar-refractivity contribution in [2.45, 2.75) is 47.5 Å². The van der Waals surface area contributed by atoms with Gasteiger partial charge in [-0.1, -0.05) is 34.6 Å². The number of hydrogen-bond acceptors (Lipinski definition) is 1. The van der Waals surface area contributed by atoms with Crippen LogP contribution in [-0.2, 0) is 12.8 Å². The van der Waals surface area contributed by atoms with Crippen molar-refractivity contribution in [1.29, 1.82) is 0 Å². The number of nitrogens with one attached hydrogen (secondary N) is 1. The molecule has 0 spiro atoms. The Labute approximate surface area is 87.1 Å². The molecule has 0 saturated carbocycles. The molecular formula is C12H22N2. The van der Waals surface area contributed by atoms with Crippen molar-refractivity contribution in [3.63, 3.8) is 0 Å². The lowest BCUT2D eigenvalue weighted by atomic mass is 9.90. The van der Waals surface area contributed by atoms with Crippen LogP contribution >= 0.6 is 0 Å². The average molecular weight is 194 g/mol. The number of aromatic amines is 1. The SMILES string of the molecule is CC(C)Cc1cc(CC(C)(C)C)n[nH]1. The van der Waals surface area contributed by atoms with Gasteiger partial charge < -0.3 is 0 Å². The fraction of sp³-hybridized carbons (Fsp3) is 0.750. The van der Waals surface area contributed by atoms with Gasteiger partial charge >= 0.3 is 0 Å². The minimum absolute atomic E-state index is 0.324. The van der Waals surface area contributed by atoms with Crippen molar-refractivity contribution in [3.8, 4) is 0 Å². The standard InChI is InChI=1S/C12H22N2/c1-9(2)6-10-7-11(14-13-10)8-12(3,4)5/h7,9H,6,8H2,1-5H3,(H,13,14). The highest BCUT2D eigenvalue weighted by atomic mass is 15.1. The summed E-state index contributed by atoms with van der Waals surface area (Å²) in [6.07, 6.45) is 2.14. The normalized spacial score (nSPS) is 12.4. The van der Waals surface area contributed by atoms with E-state index in [9.17, 15) is 0 Å². The number of H-pyrrole nitrogens is 1. The van der Waals surface area contributed by atoms with E-state index in [-0.39, 0.29) is 0 Å². The van der Waals surface area contributed by atoms with E-state index in [1.807, 2.05) is 0 Å². The zero-order chi connectivity index (χ0) is 10.8. The summed E-state index contributed by atoms with van der Waals surface area (Å²) in [5, 5.41) is 7.44. The smallest absolute Gasteiger partial charge is 0.0630 e. The van der Waals surface area contributed by atoms with Crippen molar-refractivity contribution in [2.75, 3.05) is 0 Å². The van der Waals surface area contributed by atoms with Crippen LogP contribution in [0.5, 0.6) is 0 Å². The Hall–Kier alpha value is -0.790. The summed E-state index contributed by atoms with van der Waals surface area (Å²) in [6, 6.07) is 2.20. The molecule has 0 aromatic carbocycles. The number of hydrogen-bond donors (Lipinski definition) is 1. The Bertz CT molecular complexity index is 279. The highest BCUT2D eigenvalue weighted by molar-refractivity contribution is 5.10. The largest absolute Gasteiger partial charge is 0.282 e. The van der Waals surface area contributed by atoms with E-state index in [1.165, 1.54) is 11.4 Å². The summed E-state index contributed by atoms with van der Waals surface area (Å²) in [4.78, 5) is 0. The van der Waals surface area contributed by atoms with Gasteiger partial charge in [0, 0.05) is 5.69 Å². The molecule has 1 aromatic heterocycles. The summed E-state index contributed by atoms with van der Waals surface area (Å²) in [5.41, 5.74) is 2.78. The summed E-state index contributed by atoms with van der Waals surface area (Å²) >= 11 is 0. The summed E-state index contributed by atoms with van der Waals surface area (Å²) in [6.45, 7) is 11.2. The molecule has 0 aliphatic carbocycles. The van der Waals surface area contributed by atoms with Crippen LogP contribution in [0, 0.1) is 11.3 Å². The Kier molecular flexibility index (Phi) is 3.35. The molecule has 0 bridgehead atoms. The van der Waals surface area contributed by atoms with Gasteiger partial charge in [-0.3, -0.25) is 5.10 Å². The monoisotopic (exact) mass is 194 g/mol. The van der Waals surface area contributed by atoms with Crippen LogP contribution in [0.1, 0.15) is 46.0 Å². The van der Waals surface area contributed by atoms with Crippen molar-refractivity contribution in [1.82, 2.24) is 10.2 Å². The number of aromatic nitrogens is 2. The molecule has 0 unspecified atom stereocenters. The lowest BCUT2D eigenvalue weighted by Gasteiger charge is -2.15. The van der Waals surface area contributed by atoms with Crippen LogP contribution in [0.3, 0.4) is 0 Å². The zero-order valence-electron chi connectivity index (χ0n) is 10.0. The first kappa shape index (κ1) is 11.3. The van der Waals surface area contributed by atoms with Gasteiger partial charge in [0.2, 0.25) is 0 Å². The molecule has 2 heteroatoms. The Morgan fingerprint density at radius 3 is 2.50 bits per heavy atom. The van der Waals surface area contributed by atoms with Crippen LogP contribution in [0.15, 0.2) is 6.07 Å². The fourth-order valence-electron chi connectivity index (χ4n) is 1.59. The van der Waals surface area contributed by atoms with E-state index in [2.05, 4.69) is 50.9 Å². The lowest BCUT2D eigenvalue weighted by molar-refractivity contribution is 0.406. The Morgan fingerprint density at radius 2 is 2.00 bits per heavy atom. The molecule has 1 heterocycles. The van der Waals surface area contributed by atoms with Gasteiger partial charge in [0.1, 0.15) is 0 Å². The predicted molar refractivity (Wildman–Crippen MR) is 60.3 cm³/mol. The number of rotatable bonds is 3. The van der Waals surface area contributed by atoms with Gasteiger partial charge in [0.15, 0.2) is 0 Å². The fourth-order valence-corrected chi connectivity index (χ4v) is 1.59. The molecule has 2 nitrogen and oxygen atoms in total. The van der Waals surface area contributed by atoms with Gasteiger partial charge in [-0.15, -0.1) is 0 Å². The highest BCUT2D eigenvalue weighted by Crippen LogP contribution is 2.20. The highest BCUT2D eigenvalue weighted by Gasteiger charge is 2.13. The first-order valence-corrected chi connectivity index (χ1v) is 5.40. The van der Waals surface area contributed by atoms with Crippen molar-refractivity contribution in [3.05, 3.63) is 17.5 Å². The molecule has 0 aliphatic heterocycles. The Balaban J connectivity index is 2.60. The Morgan fingerprint density at radius 1 is 1.36 bits per heavy atom. The van der Waals surface area contributed by atoms with Gasteiger partial charge in [0.05, 0.1) is 5.69 Å². The minimum Gasteiger partial charge on any atom is -0.282 e. The second-order valence-electron chi connectivity index (χ2n) is 5.72. The van der Waals surface area contributed by atoms with Crippen LogP contribution in [0.25, 0.3) is 0 Å². The zero-order valence-corrected chi connectivity index (χ0v) is 10.0. The number of nitrogens with zero attached hydrogens (tertiary/aromatic N) is 1. The van der Waals surface area contributed by atoms with Crippen molar-refractivity contribution in [2.24, 2.45) is 11.3 Å². The molecule has 0 amide bonds. The maximum atomic E-state index is 4.33. The van der Waals surface area contributed by atoms with E-state index in [4.69, 9.17) is 0 Å². The van der Waals surface area contributed by atoms with Gasteiger partial charge in [-0.2, -0.15) is 5.10 Å². The van der Waals surface area contributed by atoms with Crippen molar-refractivity contribution >= 4 is 0 Å². The van der Waals surface area contributed by atoms with E-state index < -0.39 is 0 Å². The molecule has 14 heavy (non-hydrogen) atoms. The maximum Gasteiger partial charge on any atom is 0.0630 e. The van der Waals surface area contributed by atoms with Crippen LogP contribution in [-0.4, -0.2) is 10.2 Å². The predicted octanol–water partition coefficient (Wildman–Crippen LogP) is 3.20. The van der Waals surface area contributed by atoms with Crippen molar-refractivity contribution < 1.29 is 0 Å². The third-order valence-electron chi connectivity index (χ3n) is 2.02. The second-order valence-corrected chi connectivity index (χ2v) is 5.72. The van der Waals surface area contributed by atoms with E-state index in [1.54, 1.807) is 0 Å². The minimum atomic E-state index is 0.324. The van der Waals surface area contributed by atoms with E-state index >= 15 is 0 Å². The third-order valence-corrected chi connectivity index (χ3v) is 2.02. The molecule has 0 atom stereocenters. The average Bonchev–Trinajstić information content (AvgIpc) is 2.30. The molecule has 0 saturated heterocycles. The third kappa shape index (κ3) is 3.95. The second kappa shape index (κ2) is 4.16. The molecule has 0 radical (unpaired) electrons. The first-order valence-electron chi connectivity index (χ1n) is 5.40. The molecule has 80 valence electrons. The molecule has 1 rings (SSSR count). The molecule has 1 aromatic rings. The summed E-state index contributed by atoms with van der Waals surface area (Å²) in [7, 11) is 0. The quantitative estimate of drug-likeness (QED) is 0.786. The summed E-state index contributed by atoms with van der Waals surface area (Å²) < 4.78 is 0. The van der Waals surface area contributed by atoms with Crippen LogP contribution in [0.2, 0.25) is 0 Å². The molecule has 0 aliphatic rings. The maximum absolute atomic E-state index is 4.33. The lowest BCUT2D eigenvalue weighted by Crippen LogP contribution is -2.09. The van der Waals surface area contributed by atoms with Gasteiger partial charge in [-0.05, 0) is 30.2 Å². The van der Waals surface area contributed by atoms with E-state index in [0.717, 1.165) is 12.8 Å². The van der Waals surface area contributed by atoms with Gasteiger partial charge in [0.25, 0.3) is 0 Å². The molecular weight excluding hydrogens is 172 g/mol. The first-order chi connectivity index (χ1) is 6.37. The summed E-state index contributed by atoms with van der Waals surface area (Å²) in [5.74, 6) is 0.693. The van der Waals surface area contributed by atoms with Gasteiger partial charge in [-0.25, -0.2) is 0 Å². The topological polar surface area (TPSA) is 28.7 Å². The van der Waals surface area contributed by atoms with E-state index in [0.29, 0.717) is 11.3 Å². The molecule has 0 fully saturated rings. The molecule has 1 N–H and O–H groups in total.